The van der Waals surface area contributed by atoms with Crippen molar-refractivity contribution >= 4 is 11.4 Å². The van der Waals surface area contributed by atoms with Crippen LogP contribution in [0.2, 0.25) is 0 Å². The van der Waals surface area contributed by atoms with Crippen LogP contribution < -0.4 is 10.1 Å². The highest BCUT2D eigenvalue weighted by molar-refractivity contribution is 5.56. The van der Waals surface area contributed by atoms with E-state index >= 15 is 0 Å². The van der Waals surface area contributed by atoms with Crippen molar-refractivity contribution in [2.24, 2.45) is 5.92 Å². The average molecular weight is 250 g/mol. The first-order valence-corrected chi connectivity index (χ1v) is 6.29. The summed E-state index contributed by atoms with van der Waals surface area (Å²) in [7, 11) is 1.74. The molecule has 0 unspecified atom stereocenters. The molecule has 1 aromatic carbocycles. The summed E-state index contributed by atoms with van der Waals surface area (Å²) in [6.45, 7) is 0.657. The standard InChI is InChI=1S/C13H18N2O3/c1-14-11-6-12(15(16)17)8-13(7-11)18-9-10-4-2-3-5-10/h6-8,10,14H,2-5,9H2,1H3. The smallest absolute Gasteiger partial charge is 0.275 e. The van der Waals surface area contributed by atoms with E-state index in [-0.39, 0.29) is 5.69 Å². The Balaban J connectivity index is 2.05. The van der Waals surface area contributed by atoms with Gasteiger partial charge in [0.25, 0.3) is 5.69 Å². The minimum absolute atomic E-state index is 0.0586. The number of non-ortho nitro benzene ring substituents is 1. The van der Waals surface area contributed by atoms with Gasteiger partial charge < -0.3 is 10.1 Å². The van der Waals surface area contributed by atoms with Gasteiger partial charge in [0.2, 0.25) is 0 Å². The molecule has 0 amide bonds. The molecule has 1 aromatic rings. The third-order valence-electron chi connectivity index (χ3n) is 3.35. The molecule has 0 atom stereocenters. The van der Waals surface area contributed by atoms with Gasteiger partial charge in [-0.25, -0.2) is 0 Å². The van der Waals surface area contributed by atoms with Gasteiger partial charge in [-0.05, 0) is 18.8 Å². The van der Waals surface area contributed by atoms with Crippen molar-refractivity contribution in [3.8, 4) is 5.75 Å². The van der Waals surface area contributed by atoms with Crippen LogP contribution in [0.5, 0.6) is 5.75 Å². The Morgan fingerprint density at radius 1 is 1.39 bits per heavy atom. The summed E-state index contributed by atoms with van der Waals surface area (Å²) in [5.41, 5.74) is 0.758. The summed E-state index contributed by atoms with van der Waals surface area (Å²) in [5.74, 6) is 1.17. The highest BCUT2D eigenvalue weighted by Gasteiger charge is 2.16. The lowest BCUT2D eigenvalue weighted by Gasteiger charge is -2.12. The highest BCUT2D eigenvalue weighted by atomic mass is 16.6. The Bertz CT molecular complexity index is 428. The number of rotatable bonds is 5. The third-order valence-corrected chi connectivity index (χ3v) is 3.35. The molecular weight excluding hydrogens is 232 g/mol. The van der Waals surface area contributed by atoms with Gasteiger partial charge in [-0.3, -0.25) is 10.1 Å². The predicted molar refractivity (Wildman–Crippen MR) is 70.1 cm³/mol. The van der Waals surface area contributed by atoms with Gasteiger partial charge in [-0.1, -0.05) is 12.8 Å². The molecule has 5 nitrogen and oxygen atoms in total. The first kappa shape index (κ1) is 12.7. The average Bonchev–Trinajstić information content (AvgIpc) is 2.89. The molecule has 0 radical (unpaired) electrons. The van der Waals surface area contributed by atoms with Crippen LogP contribution in [0.15, 0.2) is 18.2 Å². The largest absolute Gasteiger partial charge is 0.493 e. The van der Waals surface area contributed by atoms with E-state index in [1.807, 2.05) is 0 Å². The van der Waals surface area contributed by atoms with Crippen molar-refractivity contribution in [2.75, 3.05) is 19.0 Å². The first-order valence-electron chi connectivity index (χ1n) is 6.29. The van der Waals surface area contributed by atoms with Crippen LogP contribution in [-0.4, -0.2) is 18.6 Å². The Kier molecular flexibility index (Phi) is 4.02. The molecule has 0 aliphatic heterocycles. The fraction of sp³-hybridized carbons (Fsp3) is 0.538. The van der Waals surface area contributed by atoms with Crippen LogP contribution in [0.25, 0.3) is 0 Å². The molecule has 1 saturated carbocycles. The van der Waals surface area contributed by atoms with E-state index in [4.69, 9.17) is 4.74 Å². The number of anilines is 1. The SMILES string of the molecule is CNc1cc(OCC2CCCC2)cc([N+](=O)[O-])c1. The van der Waals surface area contributed by atoms with Crippen molar-refractivity contribution in [3.63, 3.8) is 0 Å². The second kappa shape index (κ2) is 5.71. The van der Waals surface area contributed by atoms with E-state index in [9.17, 15) is 10.1 Å². The minimum Gasteiger partial charge on any atom is -0.493 e. The van der Waals surface area contributed by atoms with Crippen molar-refractivity contribution in [1.82, 2.24) is 0 Å². The Morgan fingerprint density at radius 2 is 2.11 bits per heavy atom. The predicted octanol–water partition coefficient (Wildman–Crippen LogP) is 3.21. The van der Waals surface area contributed by atoms with Crippen molar-refractivity contribution in [2.45, 2.75) is 25.7 Å². The normalized spacial score (nSPS) is 15.6. The van der Waals surface area contributed by atoms with Crippen LogP contribution in [0.1, 0.15) is 25.7 Å². The summed E-state index contributed by atoms with van der Waals surface area (Å²) in [6.07, 6.45) is 4.94. The molecule has 1 aliphatic rings. The van der Waals surface area contributed by atoms with E-state index in [1.165, 1.54) is 37.8 Å². The summed E-state index contributed by atoms with van der Waals surface area (Å²) < 4.78 is 5.68. The van der Waals surface area contributed by atoms with E-state index < -0.39 is 4.92 Å². The fourth-order valence-electron chi connectivity index (χ4n) is 2.31. The van der Waals surface area contributed by atoms with Gasteiger partial charge >= 0.3 is 0 Å². The maximum atomic E-state index is 10.8. The molecule has 5 heteroatoms. The molecule has 1 fully saturated rings. The maximum Gasteiger partial charge on any atom is 0.275 e. The second-order valence-corrected chi connectivity index (χ2v) is 4.68. The van der Waals surface area contributed by atoms with E-state index in [0.717, 1.165) is 0 Å². The van der Waals surface area contributed by atoms with Gasteiger partial charge in [0.15, 0.2) is 0 Å². The Morgan fingerprint density at radius 3 is 2.72 bits per heavy atom. The number of benzene rings is 1. The van der Waals surface area contributed by atoms with Gasteiger partial charge in [-0.2, -0.15) is 0 Å². The summed E-state index contributed by atoms with van der Waals surface area (Å²) in [4.78, 5) is 10.4. The molecule has 1 N–H and O–H groups in total. The quantitative estimate of drug-likeness (QED) is 0.643. The van der Waals surface area contributed by atoms with E-state index in [1.54, 1.807) is 13.1 Å². The highest BCUT2D eigenvalue weighted by Crippen LogP contribution is 2.29. The monoisotopic (exact) mass is 250 g/mol. The topological polar surface area (TPSA) is 64.4 Å². The van der Waals surface area contributed by atoms with Crippen molar-refractivity contribution < 1.29 is 9.66 Å². The van der Waals surface area contributed by atoms with Crippen LogP contribution in [0, 0.1) is 16.0 Å². The summed E-state index contributed by atoms with van der Waals surface area (Å²) in [6, 6.07) is 4.78. The van der Waals surface area contributed by atoms with Crippen molar-refractivity contribution in [3.05, 3.63) is 28.3 Å². The molecule has 98 valence electrons. The molecule has 1 aliphatic carbocycles. The third kappa shape index (κ3) is 3.12. The Hall–Kier alpha value is -1.78. The van der Waals surface area contributed by atoms with Crippen molar-refractivity contribution in [1.29, 1.82) is 0 Å². The zero-order chi connectivity index (χ0) is 13.0. The van der Waals surface area contributed by atoms with E-state index in [2.05, 4.69) is 5.32 Å². The Labute approximate surface area is 106 Å². The summed E-state index contributed by atoms with van der Waals surface area (Å²) >= 11 is 0. The zero-order valence-electron chi connectivity index (χ0n) is 10.5. The van der Waals surface area contributed by atoms with Crippen LogP contribution in [0.3, 0.4) is 0 Å². The molecule has 2 rings (SSSR count). The molecule has 0 bridgehead atoms. The van der Waals surface area contributed by atoms with Gasteiger partial charge in [0.05, 0.1) is 17.6 Å². The number of nitrogens with zero attached hydrogens (tertiary/aromatic N) is 1. The van der Waals surface area contributed by atoms with Crippen LogP contribution in [0.4, 0.5) is 11.4 Å². The minimum atomic E-state index is -0.400. The second-order valence-electron chi connectivity index (χ2n) is 4.68. The molecule has 0 aromatic heterocycles. The number of ether oxygens (including phenoxy) is 1. The lowest BCUT2D eigenvalue weighted by atomic mass is 10.1. The van der Waals surface area contributed by atoms with E-state index in [0.29, 0.717) is 24.0 Å². The first-order chi connectivity index (χ1) is 8.69. The molecule has 0 heterocycles. The molecular formula is C13H18N2O3. The van der Waals surface area contributed by atoms with Gasteiger partial charge in [0, 0.05) is 24.9 Å². The maximum absolute atomic E-state index is 10.8. The van der Waals surface area contributed by atoms with Crippen LogP contribution in [-0.2, 0) is 0 Å². The zero-order valence-corrected chi connectivity index (χ0v) is 10.5. The molecule has 18 heavy (non-hydrogen) atoms. The molecule has 0 saturated heterocycles. The fourth-order valence-corrected chi connectivity index (χ4v) is 2.31. The number of nitrogens with one attached hydrogen (secondary N) is 1. The lowest BCUT2D eigenvalue weighted by molar-refractivity contribution is -0.384. The lowest BCUT2D eigenvalue weighted by Crippen LogP contribution is -2.08. The van der Waals surface area contributed by atoms with Gasteiger partial charge in [0.1, 0.15) is 5.75 Å². The number of hydrogen-bond acceptors (Lipinski definition) is 4. The number of nitro benzene ring substituents is 1. The summed E-state index contributed by atoms with van der Waals surface area (Å²) in [5, 5.41) is 13.7. The molecule has 0 spiro atoms. The van der Waals surface area contributed by atoms with Gasteiger partial charge in [-0.15, -0.1) is 0 Å². The number of hydrogen-bond donors (Lipinski definition) is 1. The number of nitro groups is 1. The van der Waals surface area contributed by atoms with Crippen LogP contribution >= 0.6 is 0 Å².